The quantitative estimate of drug-likeness (QED) is 0.457. The summed E-state index contributed by atoms with van der Waals surface area (Å²) in [5.41, 5.74) is 0.963. The third-order valence-electron chi connectivity index (χ3n) is 1.30. The molecular formula is C9H7OS. The Labute approximate surface area is 71.1 Å². The second-order valence-electron chi connectivity index (χ2n) is 2.17. The molecule has 0 atom stereocenters. The van der Waals surface area contributed by atoms with E-state index in [1.165, 1.54) is 6.08 Å². The lowest BCUT2D eigenvalue weighted by atomic mass is 10.1. The summed E-state index contributed by atoms with van der Waals surface area (Å²) in [6.45, 7) is 0. The number of carbonyl (C=O) groups excluding carboxylic acids is 1. The van der Waals surface area contributed by atoms with Gasteiger partial charge in [0.2, 0.25) is 6.29 Å². The highest BCUT2D eigenvalue weighted by molar-refractivity contribution is 7.80. The van der Waals surface area contributed by atoms with Crippen molar-refractivity contribution >= 4 is 23.4 Å². The number of allylic oxidation sites excluding steroid dienone is 6. The van der Waals surface area contributed by atoms with Gasteiger partial charge in [-0.15, -0.1) is 0 Å². The summed E-state index contributed by atoms with van der Waals surface area (Å²) in [6, 6.07) is 0. The molecule has 0 spiro atoms. The van der Waals surface area contributed by atoms with Crippen LogP contribution in [-0.4, -0.2) is 11.2 Å². The highest BCUT2D eigenvalue weighted by Gasteiger charge is 1.96. The molecule has 0 heterocycles. The van der Waals surface area contributed by atoms with E-state index in [4.69, 9.17) is 12.2 Å². The fraction of sp³-hybridized carbons (Fsp3) is 0.111. The maximum Gasteiger partial charge on any atom is 0.225 e. The van der Waals surface area contributed by atoms with Crippen molar-refractivity contribution in [3.8, 4) is 0 Å². The lowest BCUT2D eigenvalue weighted by Gasteiger charge is -2.00. The smallest absolute Gasteiger partial charge is 0.225 e. The predicted molar refractivity (Wildman–Crippen MR) is 49.3 cm³/mol. The highest BCUT2D eigenvalue weighted by Crippen LogP contribution is 2.08. The van der Waals surface area contributed by atoms with Gasteiger partial charge in [0.15, 0.2) is 0 Å². The van der Waals surface area contributed by atoms with Crippen LogP contribution in [0.5, 0.6) is 0 Å². The van der Waals surface area contributed by atoms with E-state index in [1.54, 1.807) is 12.4 Å². The molecular weight excluding hydrogens is 156 g/mol. The van der Waals surface area contributed by atoms with Gasteiger partial charge in [-0.2, -0.15) is 0 Å². The number of hydrogen-bond acceptors (Lipinski definition) is 2. The molecule has 0 saturated heterocycles. The Balaban J connectivity index is 2.71. The molecule has 0 aromatic heterocycles. The summed E-state index contributed by atoms with van der Waals surface area (Å²) in [7, 11) is 0. The molecule has 0 N–H and O–H groups in total. The maximum atomic E-state index is 9.83. The van der Waals surface area contributed by atoms with Crippen LogP contribution in [0.1, 0.15) is 6.42 Å². The summed E-state index contributed by atoms with van der Waals surface area (Å²) in [5, 5.41) is 0. The molecule has 0 saturated carbocycles. The molecule has 55 valence electrons. The van der Waals surface area contributed by atoms with Crippen LogP contribution in [-0.2, 0) is 4.79 Å². The molecule has 1 nitrogen and oxygen atoms in total. The van der Waals surface area contributed by atoms with Gasteiger partial charge >= 0.3 is 0 Å². The average molecular weight is 163 g/mol. The Morgan fingerprint density at radius 2 is 2.45 bits per heavy atom. The zero-order chi connectivity index (χ0) is 8.10. The Kier molecular flexibility index (Phi) is 2.93. The molecule has 0 fully saturated rings. The van der Waals surface area contributed by atoms with Crippen molar-refractivity contribution in [2.75, 3.05) is 0 Å². The minimum absolute atomic E-state index is 0.831. The molecule has 1 aliphatic rings. The summed E-state index contributed by atoms with van der Waals surface area (Å²) in [5.74, 6) is 0. The number of thiocarbonyl (C=S) groups is 1. The van der Waals surface area contributed by atoms with Crippen LogP contribution >= 0.6 is 12.2 Å². The largest absolute Gasteiger partial charge is 0.286 e. The van der Waals surface area contributed by atoms with Gasteiger partial charge in [0.25, 0.3) is 0 Å². The Morgan fingerprint density at radius 1 is 1.64 bits per heavy atom. The molecule has 1 radical (unpaired) electrons. The topological polar surface area (TPSA) is 17.1 Å². The van der Waals surface area contributed by atoms with Crippen LogP contribution in [0.15, 0.2) is 36.0 Å². The summed E-state index contributed by atoms with van der Waals surface area (Å²) in [4.78, 5) is 10.7. The Morgan fingerprint density at radius 3 is 3.09 bits per heavy atom. The van der Waals surface area contributed by atoms with E-state index in [0.29, 0.717) is 0 Å². The zero-order valence-corrected chi connectivity index (χ0v) is 6.73. The van der Waals surface area contributed by atoms with E-state index in [0.717, 1.165) is 16.9 Å². The van der Waals surface area contributed by atoms with Crippen LogP contribution in [0.25, 0.3) is 0 Å². The van der Waals surface area contributed by atoms with Crippen LogP contribution in [0, 0.1) is 0 Å². The van der Waals surface area contributed by atoms with Gasteiger partial charge in [-0.1, -0.05) is 30.4 Å². The number of rotatable bonds is 2. The second kappa shape index (κ2) is 3.98. The van der Waals surface area contributed by atoms with E-state index in [2.05, 4.69) is 0 Å². The molecule has 0 bridgehead atoms. The fourth-order valence-corrected chi connectivity index (χ4v) is 1.07. The van der Waals surface area contributed by atoms with Gasteiger partial charge in [0.1, 0.15) is 0 Å². The van der Waals surface area contributed by atoms with E-state index in [9.17, 15) is 4.79 Å². The molecule has 1 rings (SSSR count). The molecule has 2 heteroatoms. The first-order valence-corrected chi connectivity index (χ1v) is 3.69. The van der Waals surface area contributed by atoms with Gasteiger partial charge < -0.3 is 0 Å². The fourth-order valence-electron chi connectivity index (χ4n) is 0.838. The van der Waals surface area contributed by atoms with E-state index < -0.39 is 0 Å². The van der Waals surface area contributed by atoms with Crippen LogP contribution in [0.2, 0.25) is 0 Å². The molecule has 1 aliphatic carbocycles. The first-order valence-electron chi connectivity index (χ1n) is 3.28. The first kappa shape index (κ1) is 8.08. The standard InChI is InChI=1S/C9H7OS/c10-6-2-4-8-3-1-5-9(11)7-8/h1-4,7H,5H2. The third kappa shape index (κ3) is 2.60. The van der Waals surface area contributed by atoms with Gasteiger partial charge in [-0.25, -0.2) is 0 Å². The maximum absolute atomic E-state index is 9.83. The van der Waals surface area contributed by atoms with Crippen molar-refractivity contribution in [2.45, 2.75) is 6.42 Å². The Hall–Kier alpha value is -1.02. The van der Waals surface area contributed by atoms with Crippen molar-refractivity contribution in [3.05, 3.63) is 36.0 Å². The molecule has 0 aromatic rings. The van der Waals surface area contributed by atoms with E-state index >= 15 is 0 Å². The van der Waals surface area contributed by atoms with Crippen molar-refractivity contribution in [1.82, 2.24) is 0 Å². The summed E-state index contributed by atoms with van der Waals surface area (Å²) in [6.07, 6.45) is 11.3. The van der Waals surface area contributed by atoms with E-state index in [1.807, 2.05) is 18.2 Å². The lowest BCUT2D eigenvalue weighted by molar-refractivity contribution is 0.564. The van der Waals surface area contributed by atoms with Crippen molar-refractivity contribution in [3.63, 3.8) is 0 Å². The summed E-state index contributed by atoms with van der Waals surface area (Å²) >= 11 is 4.97. The second-order valence-corrected chi connectivity index (χ2v) is 2.69. The van der Waals surface area contributed by atoms with Crippen LogP contribution < -0.4 is 0 Å². The van der Waals surface area contributed by atoms with Gasteiger partial charge in [0.05, 0.1) is 0 Å². The van der Waals surface area contributed by atoms with Gasteiger partial charge in [-0.3, -0.25) is 4.79 Å². The molecule has 0 unspecified atom stereocenters. The average Bonchev–Trinajstić information content (AvgIpc) is 2.01. The van der Waals surface area contributed by atoms with Crippen molar-refractivity contribution < 1.29 is 4.79 Å². The van der Waals surface area contributed by atoms with Crippen LogP contribution in [0.3, 0.4) is 0 Å². The highest BCUT2D eigenvalue weighted by atomic mass is 32.1. The zero-order valence-electron chi connectivity index (χ0n) is 5.91. The monoisotopic (exact) mass is 163 g/mol. The minimum Gasteiger partial charge on any atom is -0.286 e. The van der Waals surface area contributed by atoms with Gasteiger partial charge in [-0.05, 0) is 17.7 Å². The SMILES string of the molecule is O=[C]C=CC1=CC(=S)CC=C1. The normalized spacial score (nSPS) is 17.1. The molecule has 0 aromatic carbocycles. The van der Waals surface area contributed by atoms with Crippen LogP contribution in [0.4, 0.5) is 0 Å². The summed E-state index contributed by atoms with van der Waals surface area (Å²) < 4.78 is 0. The minimum atomic E-state index is 0.831. The van der Waals surface area contributed by atoms with Gasteiger partial charge in [0, 0.05) is 11.3 Å². The molecule has 0 amide bonds. The van der Waals surface area contributed by atoms with Crippen molar-refractivity contribution in [2.24, 2.45) is 0 Å². The van der Waals surface area contributed by atoms with Crippen molar-refractivity contribution in [1.29, 1.82) is 0 Å². The number of hydrogen-bond donors (Lipinski definition) is 0. The lowest BCUT2D eigenvalue weighted by Crippen LogP contribution is -1.92. The first-order chi connectivity index (χ1) is 5.33. The predicted octanol–water partition coefficient (Wildman–Crippen LogP) is 1.91. The third-order valence-corrected chi connectivity index (χ3v) is 1.59. The Bertz CT molecular complexity index is 259. The molecule has 0 aliphatic heterocycles. The van der Waals surface area contributed by atoms with E-state index in [-0.39, 0.29) is 0 Å². The molecule has 11 heavy (non-hydrogen) atoms.